The Bertz CT molecular complexity index is 1320. The molecular weight excluding hydrogens is 525 g/mol. The molecule has 0 aliphatic heterocycles. The highest BCUT2D eigenvalue weighted by Gasteiger charge is 2.32. The average Bonchev–Trinajstić information content (AvgIpc) is 3.02. The van der Waals surface area contributed by atoms with Crippen LogP contribution in [0.3, 0.4) is 0 Å². The van der Waals surface area contributed by atoms with Crippen LogP contribution in [0.1, 0.15) is 108 Å². The molecule has 0 saturated heterocycles. The topological polar surface area (TPSA) is 0 Å². The summed E-state index contributed by atoms with van der Waals surface area (Å²) in [5, 5.41) is 0. The Morgan fingerprint density at radius 2 is 1.33 bits per heavy atom. The summed E-state index contributed by atoms with van der Waals surface area (Å²) in [6.45, 7) is 4.14. The van der Waals surface area contributed by atoms with E-state index in [1.807, 2.05) is 43.3 Å². The Hall–Kier alpha value is -2.81. The molecule has 2 aliphatic rings. The summed E-state index contributed by atoms with van der Waals surface area (Å²) in [4.78, 5) is 0. The SMILES string of the molecule is C/C=C\Cc1ccc(-c2ccc(-c3ccc(C4CCC(C5CCC(CCCCC)CC5)CC4)c(F)c3)cc2)c(F)c1F. The minimum atomic E-state index is -0.829. The highest BCUT2D eigenvalue weighted by Crippen LogP contribution is 2.45. The van der Waals surface area contributed by atoms with E-state index in [-0.39, 0.29) is 11.4 Å². The van der Waals surface area contributed by atoms with E-state index in [1.165, 1.54) is 64.2 Å². The van der Waals surface area contributed by atoms with E-state index >= 15 is 4.39 Å². The van der Waals surface area contributed by atoms with Crippen LogP contribution < -0.4 is 0 Å². The number of unbranched alkanes of at least 4 members (excludes halogenated alkanes) is 2. The van der Waals surface area contributed by atoms with Crippen LogP contribution in [0, 0.1) is 35.2 Å². The van der Waals surface area contributed by atoms with Crippen molar-refractivity contribution in [2.24, 2.45) is 17.8 Å². The lowest BCUT2D eigenvalue weighted by Crippen LogP contribution is -2.25. The third-order valence-electron chi connectivity index (χ3n) is 10.3. The number of allylic oxidation sites excluding steroid dienone is 2. The van der Waals surface area contributed by atoms with Gasteiger partial charge in [0.15, 0.2) is 11.6 Å². The number of hydrogen-bond donors (Lipinski definition) is 0. The molecular formula is C39H47F3. The fourth-order valence-corrected chi connectivity index (χ4v) is 7.63. The number of halogens is 3. The lowest BCUT2D eigenvalue weighted by Gasteiger charge is -2.38. The summed E-state index contributed by atoms with van der Waals surface area (Å²) in [5.41, 5.74) is 3.70. The second-order valence-corrected chi connectivity index (χ2v) is 12.9. The fourth-order valence-electron chi connectivity index (χ4n) is 7.63. The maximum atomic E-state index is 15.4. The van der Waals surface area contributed by atoms with Gasteiger partial charge in [-0.05, 0) is 109 Å². The van der Waals surface area contributed by atoms with Crippen LogP contribution in [-0.4, -0.2) is 0 Å². The predicted octanol–water partition coefficient (Wildman–Crippen LogP) is 12.2. The first kappa shape index (κ1) is 30.6. The maximum Gasteiger partial charge on any atom is 0.166 e. The molecule has 0 nitrogen and oxygen atoms in total. The smallest absolute Gasteiger partial charge is 0.166 e. The first-order valence-corrected chi connectivity index (χ1v) is 16.5. The first-order valence-electron chi connectivity index (χ1n) is 16.5. The van der Waals surface area contributed by atoms with Gasteiger partial charge in [0.1, 0.15) is 5.82 Å². The van der Waals surface area contributed by atoms with Crippen LogP contribution in [0.15, 0.2) is 66.7 Å². The Morgan fingerprint density at radius 1 is 0.690 bits per heavy atom. The summed E-state index contributed by atoms with van der Waals surface area (Å²) in [5.74, 6) is 1.20. The van der Waals surface area contributed by atoms with Crippen molar-refractivity contribution >= 4 is 0 Å². The van der Waals surface area contributed by atoms with Gasteiger partial charge < -0.3 is 0 Å². The van der Waals surface area contributed by atoms with Crippen LogP contribution in [-0.2, 0) is 6.42 Å². The lowest BCUT2D eigenvalue weighted by atomic mass is 9.68. The van der Waals surface area contributed by atoms with Crippen molar-refractivity contribution in [1.82, 2.24) is 0 Å². The maximum absolute atomic E-state index is 15.4. The van der Waals surface area contributed by atoms with Gasteiger partial charge in [0.05, 0.1) is 0 Å². The third kappa shape index (κ3) is 7.21. The Kier molecular flexibility index (Phi) is 10.6. The molecule has 224 valence electrons. The largest absolute Gasteiger partial charge is 0.207 e. The molecule has 2 saturated carbocycles. The molecule has 0 unspecified atom stereocenters. The minimum Gasteiger partial charge on any atom is -0.207 e. The van der Waals surface area contributed by atoms with Crippen molar-refractivity contribution in [3.63, 3.8) is 0 Å². The molecule has 0 aromatic heterocycles. The molecule has 0 bridgehead atoms. The second-order valence-electron chi connectivity index (χ2n) is 12.9. The third-order valence-corrected chi connectivity index (χ3v) is 10.3. The van der Waals surface area contributed by atoms with E-state index in [1.54, 1.807) is 30.3 Å². The Labute approximate surface area is 251 Å². The summed E-state index contributed by atoms with van der Waals surface area (Å²) in [6, 6.07) is 16.2. The van der Waals surface area contributed by atoms with Gasteiger partial charge in [0.25, 0.3) is 0 Å². The molecule has 2 aliphatic carbocycles. The summed E-state index contributed by atoms with van der Waals surface area (Å²) in [6.07, 6.45) is 19.8. The zero-order valence-electron chi connectivity index (χ0n) is 25.5. The zero-order valence-corrected chi connectivity index (χ0v) is 25.5. The van der Waals surface area contributed by atoms with Crippen molar-refractivity contribution in [2.45, 2.75) is 103 Å². The molecule has 42 heavy (non-hydrogen) atoms. The van der Waals surface area contributed by atoms with Crippen LogP contribution in [0.2, 0.25) is 0 Å². The van der Waals surface area contributed by atoms with Gasteiger partial charge in [0.2, 0.25) is 0 Å². The second kappa shape index (κ2) is 14.6. The van der Waals surface area contributed by atoms with Crippen LogP contribution >= 0.6 is 0 Å². The van der Waals surface area contributed by atoms with Crippen molar-refractivity contribution in [3.8, 4) is 22.3 Å². The summed E-state index contributed by atoms with van der Waals surface area (Å²) in [7, 11) is 0. The number of hydrogen-bond acceptors (Lipinski definition) is 0. The Morgan fingerprint density at radius 3 is 1.98 bits per heavy atom. The molecule has 2 fully saturated rings. The van der Waals surface area contributed by atoms with Gasteiger partial charge >= 0.3 is 0 Å². The van der Waals surface area contributed by atoms with Crippen LogP contribution in [0.5, 0.6) is 0 Å². The fraction of sp³-hybridized carbons (Fsp3) is 0.487. The van der Waals surface area contributed by atoms with Gasteiger partial charge in [-0.1, -0.05) is 106 Å². The van der Waals surface area contributed by atoms with Gasteiger partial charge in [0, 0.05) is 5.56 Å². The van der Waals surface area contributed by atoms with Gasteiger partial charge in [-0.15, -0.1) is 0 Å². The minimum absolute atomic E-state index is 0.127. The van der Waals surface area contributed by atoms with E-state index in [0.29, 0.717) is 23.5 Å². The van der Waals surface area contributed by atoms with Gasteiger partial charge in [-0.3, -0.25) is 0 Å². The molecule has 0 amide bonds. The molecule has 3 aromatic carbocycles. The molecule has 0 N–H and O–H groups in total. The van der Waals surface area contributed by atoms with Crippen molar-refractivity contribution in [1.29, 1.82) is 0 Å². The number of rotatable bonds is 10. The van der Waals surface area contributed by atoms with E-state index in [2.05, 4.69) is 6.92 Å². The predicted molar refractivity (Wildman–Crippen MR) is 170 cm³/mol. The molecule has 0 radical (unpaired) electrons. The molecule has 0 heterocycles. The van der Waals surface area contributed by atoms with E-state index in [0.717, 1.165) is 47.3 Å². The molecule has 5 rings (SSSR count). The Balaban J connectivity index is 1.18. The normalized spacial score (nSPS) is 23.0. The highest BCUT2D eigenvalue weighted by molar-refractivity contribution is 5.71. The molecule has 3 heteroatoms. The van der Waals surface area contributed by atoms with Crippen LogP contribution in [0.4, 0.5) is 13.2 Å². The lowest BCUT2D eigenvalue weighted by molar-refractivity contribution is 0.155. The molecule has 0 spiro atoms. The van der Waals surface area contributed by atoms with E-state index in [9.17, 15) is 8.78 Å². The first-order chi connectivity index (χ1) is 20.5. The average molecular weight is 573 g/mol. The van der Waals surface area contributed by atoms with Gasteiger partial charge in [-0.2, -0.15) is 0 Å². The molecule has 3 aromatic rings. The zero-order chi connectivity index (χ0) is 29.5. The monoisotopic (exact) mass is 572 g/mol. The van der Waals surface area contributed by atoms with Crippen molar-refractivity contribution in [3.05, 3.63) is 95.3 Å². The van der Waals surface area contributed by atoms with Crippen molar-refractivity contribution < 1.29 is 13.2 Å². The van der Waals surface area contributed by atoms with E-state index < -0.39 is 11.6 Å². The van der Waals surface area contributed by atoms with Crippen molar-refractivity contribution in [2.75, 3.05) is 0 Å². The van der Waals surface area contributed by atoms with Gasteiger partial charge in [-0.25, -0.2) is 13.2 Å². The van der Waals surface area contributed by atoms with Crippen LogP contribution in [0.25, 0.3) is 22.3 Å². The standard InChI is InChI=1S/C39H47F3/c1-3-5-7-8-27-10-12-28(13-11-27)29-14-18-31(19-15-29)35-24-23-34(26-37(35)40)30-16-20-32(21-17-30)36-25-22-33(9-6-4-2)38(41)39(36)42/h4,6,16-17,20-29,31H,3,5,7-15,18-19H2,1-2H3/b6-4-. The number of benzene rings is 3. The highest BCUT2D eigenvalue weighted by atomic mass is 19.2. The summed E-state index contributed by atoms with van der Waals surface area (Å²) < 4.78 is 44.8. The van der Waals surface area contributed by atoms with E-state index in [4.69, 9.17) is 0 Å². The summed E-state index contributed by atoms with van der Waals surface area (Å²) >= 11 is 0. The molecule has 0 atom stereocenters. The quantitative estimate of drug-likeness (QED) is 0.167.